The molecule has 8 aromatic rings. The molecule has 1 amide bonds. The van der Waals surface area contributed by atoms with Gasteiger partial charge in [-0.1, -0.05) is 197 Å². The Balaban J connectivity index is 0.000000107. The van der Waals surface area contributed by atoms with Crippen LogP contribution in [0.15, 0.2) is 264 Å². The zero-order valence-corrected chi connectivity index (χ0v) is 86.4. The van der Waals surface area contributed by atoms with E-state index < -0.39 is 28.9 Å². The molecule has 5 aromatic heterocycles. The van der Waals surface area contributed by atoms with Crippen LogP contribution in [0.4, 0.5) is 5.69 Å². The Morgan fingerprint density at radius 3 is 0.924 bits per heavy atom. The predicted molar refractivity (Wildman–Crippen MR) is 571 cm³/mol. The van der Waals surface area contributed by atoms with Gasteiger partial charge in [-0.3, -0.25) is 18.8 Å². The van der Waals surface area contributed by atoms with Crippen molar-refractivity contribution in [2.75, 3.05) is 5.32 Å². The first-order valence-corrected chi connectivity index (χ1v) is 53.6. The Hall–Kier alpha value is -10.8. The summed E-state index contributed by atoms with van der Waals surface area (Å²) in [7, 11) is 0. The molecular weight excluding hydrogens is 1830 g/mol. The zero-order chi connectivity index (χ0) is 101. The number of hydrogen-bond acceptors (Lipinski definition) is 16. The fourth-order valence-electron chi connectivity index (χ4n) is 27.7. The third kappa shape index (κ3) is 17.1. The van der Waals surface area contributed by atoms with Gasteiger partial charge < -0.3 is 52.7 Å². The van der Waals surface area contributed by atoms with Crippen molar-refractivity contribution in [3.8, 4) is 11.4 Å². The van der Waals surface area contributed by atoms with Gasteiger partial charge in [0.1, 0.15) is 61.0 Å². The number of anilines is 1. The fraction of sp³-hybridized carbons (Fsp3) is 0.475. The molecule has 0 unspecified atom stereocenters. The van der Waals surface area contributed by atoms with E-state index in [0.717, 1.165) is 168 Å². The minimum atomic E-state index is -0.686. The molecule has 0 radical (unpaired) electrons. The van der Waals surface area contributed by atoms with Crippen molar-refractivity contribution in [3.63, 3.8) is 0 Å². The van der Waals surface area contributed by atoms with E-state index in [0.29, 0.717) is 12.1 Å². The van der Waals surface area contributed by atoms with E-state index >= 15 is 0 Å². The standard InChI is InChI=1S/C26H29N3O3.C25H28N2O2.C24H25ClN2O2.C24H32N2O2.C23H30N2O2/c1-5-23-24(6-2)32-26(31-23)13-7-8-19-14-22-18(15-25(19,26)4)16-27-29(22)21-11-9-20(10-12-21)28-17(3)30;1-4-22-23(5-2)29-25(28-22)13-9-12-20-14-21-19(15-24(20,25)3)16-26-27(21)17-18-10-7-6-8-11-18;1-4-21-22(5-2)29-24(28-21)12-6-7-17-13-20-16(14-23(17,24)3)15-26-27(20)19-10-8-18(25)9-11-19;1-4-21-22(5-2)28-24(27-21)13-9-10-18-14-20-17(15-23(18,24)3)16-25-26(20)19-11-7-6-8-12-19;1-4-20-21(5-2)27-23(26-20)12-8-9-17-13-19-16(14-22(17,23)3)15-24-25(19)18-10-6-7-11-18/h5-6,9-12,14,16,23-24H,1-2,7-8,13,15H2,3-4H3,(H,28,30);4-8,10-11,14,16,22-23H,1-2,9,12-13,15,17H2,3H3;4-5,8-11,13,15,21-22H,1-2,6-7,12,14H2,3H3;4-5,14,16,19,21-22H,1-2,6-13,15H2,3H3;4-5,13,15,18,20-21H,1-2,6-12,14H2,3H3/t23-,24-,25+;22-,23-,24+;2*21-,22-,23+;20-,21-,22+/m11111/s1. The fourth-order valence-corrected chi connectivity index (χ4v) is 27.8. The van der Waals surface area contributed by atoms with Crippen molar-refractivity contribution in [2.24, 2.45) is 27.1 Å². The molecule has 145 heavy (non-hydrogen) atoms. The van der Waals surface area contributed by atoms with Crippen LogP contribution in [0, 0.1) is 27.1 Å². The Labute approximate surface area is 860 Å². The number of halogens is 1. The molecule has 15 atom stereocenters. The number of fused-ring (bicyclic) bond motifs is 15. The molecule has 23 heteroatoms. The number of carbonyl (C=O) groups is 1. The zero-order valence-electron chi connectivity index (χ0n) is 85.6. The summed E-state index contributed by atoms with van der Waals surface area (Å²) < 4.78 is 76.2. The van der Waals surface area contributed by atoms with E-state index in [1.807, 2.05) is 143 Å². The molecule has 3 aromatic carbocycles. The van der Waals surface area contributed by atoms with Crippen LogP contribution < -0.4 is 5.32 Å². The minimum Gasteiger partial charge on any atom is -0.339 e. The van der Waals surface area contributed by atoms with Gasteiger partial charge in [0, 0.05) is 76.8 Å². The largest absolute Gasteiger partial charge is 0.339 e. The molecule has 7 saturated carbocycles. The quantitative estimate of drug-likeness (QED) is 0.0840. The van der Waals surface area contributed by atoms with Crippen molar-refractivity contribution in [1.29, 1.82) is 0 Å². The number of amides is 1. The number of rotatable bonds is 17. The van der Waals surface area contributed by atoms with Crippen LogP contribution in [-0.2, 0) is 90.8 Å². The second-order valence-electron chi connectivity index (χ2n) is 44.2. The van der Waals surface area contributed by atoms with Gasteiger partial charge in [-0.15, -0.1) is 65.8 Å². The van der Waals surface area contributed by atoms with Crippen LogP contribution >= 0.6 is 11.6 Å². The highest BCUT2D eigenvalue weighted by Gasteiger charge is 2.67. The van der Waals surface area contributed by atoms with Crippen LogP contribution in [0.2, 0.25) is 5.02 Å². The molecule has 22 nitrogen and oxygen atoms in total. The lowest BCUT2D eigenvalue weighted by atomic mass is 9.62. The maximum absolute atomic E-state index is 11.3. The summed E-state index contributed by atoms with van der Waals surface area (Å²) in [6, 6.07) is 27.1. The predicted octanol–water partition coefficient (Wildman–Crippen LogP) is 25.6. The molecule has 25 rings (SSSR count). The average molecular weight is 1980 g/mol. The summed E-state index contributed by atoms with van der Waals surface area (Å²) in [4.78, 5) is 11.3. The van der Waals surface area contributed by atoms with Gasteiger partial charge >= 0.3 is 0 Å². The van der Waals surface area contributed by atoms with Gasteiger partial charge in [-0.05, 0) is 234 Å². The first-order valence-electron chi connectivity index (χ1n) is 53.3. The van der Waals surface area contributed by atoms with Crippen molar-refractivity contribution >= 4 is 53.6 Å². The van der Waals surface area contributed by atoms with E-state index in [1.54, 1.807) is 0 Å². The number of benzene rings is 3. The van der Waals surface area contributed by atoms with Crippen LogP contribution in [-0.4, -0.2) is 145 Å². The molecule has 5 saturated heterocycles. The summed E-state index contributed by atoms with van der Waals surface area (Å²) in [5, 5.41) is 27.3. The number of carbonyl (C=O) groups excluding carboxylic acids is 1. The average Bonchev–Trinajstić information content (AvgIpc) is 1.56. The summed E-state index contributed by atoms with van der Waals surface area (Å²) in [6.07, 6.45) is 69.8. The summed E-state index contributed by atoms with van der Waals surface area (Å²) >= 11 is 6.06. The second-order valence-corrected chi connectivity index (χ2v) is 44.6. The number of hydrogen-bond donors (Lipinski definition) is 1. The van der Waals surface area contributed by atoms with Crippen molar-refractivity contribution < 1.29 is 52.2 Å². The molecule has 1 N–H and O–H groups in total. The maximum atomic E-state index is 11.3. The molecule has 12 aliphatic carbocycles. The Kier molecular flexibility index (Phi) is 27.4. The topological polar surface area (TPSA) is 210 Å². The van der Waals surface area contributed by atoms with Crippen LogP contribution in [0.5, 0.6) is 0 Å². The highest BCUT2D eigenvalue weighted by molar-refractivity contribution is 6.30. The molecular formula is C122H144ClN11O11. The lowest BCUT2D eigenvalue weighted by Gasteiger charge is -2.51. The highest BCUT2D eigenvalue weighted by atomic mass is 35.5. The van der Waals surface area contributed by atoms with Crippen molar-refractivity contribution in [3.05, 3.63) is 331 Å². The summed E-state index contributed by atoms with van der Waals surface area (Å²) in [5.74, 6) is -3.25. The van der Waals surface area contributed by atoms with Crippen LogP contribution in [0.1, 0.15) is 270 Å². The van der Waals surface area contributed by atoms with Crippen LogP contribution in [0.25, 0.3) is 41.8 Å². The van der Waals surface area contributed by atoms with Gasteiger partial charge in [0.25, 0.3) is 0 Å². The number of nitrogens with one attached hydrogen (secondary N) is 1. The number of nitrogens with zero attached hydrogens (tertiary/aromatic N) is 10. The monoisotopic (exact) mass is 1970 g/mol. The summed E-state index contributed by atoms with van der Waals surface area (Å²) in [6.45, 7) is 53.2. The molecule has 10 heterocycles. The minimum absolute atomic E-state index is 0.0850. The van der Waals surface area contributed by atoms with Gasteiger partial charge in [0.2, 0.25) is 5.91 Å². The van der Waals surface area contributed by atoms with E-state index in [9.17, 15) is 4.79 Å². The van der Waals surface area contributed by atoms with Crippen molar-refractivity contribution in [1.82, 2.24) is 48.9 Å². The smallest absolute Gasteiger partial charge is 0.221 e. The third-order valence-electron chi connectivity index (χ3n) is 35.8. The van der Waals surface area contributed by atoms with E-state index in [1.165, 1.54) is 143 Å². The van der Waals surface area contributed by atoms with Gasteiger partial charge in [0.15, 0.2) is 28.9 Å². The van der Waals surface area contributed by atoms with Crippen LogP contribution in [0.3, 0.4) is 0 Å². The normalized spacial score (nSPS) is 31.2. The van der Waals surface area contributed by atoms with E-state index in [4.69, 9.17) is 79.4 Å². The van der Waals surface area contributed by atoms with Gasteiger partial charge in [-0.25, -0.2) is 9.36 Å². The first kappa shape index (κ1) is 100. The molecule has 17 aliphatic rings. The summed E-state index contributed by atoms with van der Waals surface area (Å²) in [5.41, 5.74) is 22.3. The number of ether oxygens (including phenoxy) is 10. The van der Waals surface area contributed by atoms with Gasteiger partial charge in [-0.2, -0.15) is 25.5 Å². The second kappa shape index (κ2) is 39.7. The maximum Gasteiger partial charge on any atom is 0.221 e. The molecule has 5 aliphatic heterocycles. The molecule has 760 valence electrons. The van der Waals surface area contributed by atoms with Crippen molar-refractivity contribution in [2.45, 2.75) is 336 Å². The number of aromatic nitrogens is 10. The van der Waals surface area contributed by atoms with E-state index in [2.05, 4.69) is 192 Å². The molecule has 5 spiro atoms. The highest BCUT2D eigenvalue weighted by Crippen LogP contribution is 2.65. The SMILES string of the molecule is C=C[C@H]1OC2(CCCC3=Cc4c(cnn4-c4ccc(Cl)cc4)C[C@@]32C)O[C@@H]1C=C.C=C[C@H]1OC2(CCCC3=Cc4c(cnn4-c4ccc(NC(C)=O)cc4)C[C@@]32C)O[C@@H]1C=C.C=C[C@H]1OC2(CCCC3=Cc4c(cnn4C4CCCC4)C[C@@]32C)O[C@@H]1C=C.C=C[C@H]1OC2(CCCC3=Cc4c(cnn4C4CCCCC4)C[C@@]32C)O[C@@H]1C=C.C=C[C@H]1OC2(CCCC3=Cc4c(cnn4Cc4ccccc4)C[C@@]32C)O[C@@H]1C=C. The lowest BCUT2D eigenvalue weighted by Crippen LogP contribution is -2.53. The third-order valence-corrected chi connectivity index (χ3v) is 36.1. The molecule has 12 fully saturated rings. The first-order chi connectivity index (χ1) is 70.2. The Morgan fingerprint density at radius 2 is 0.614 bits per heavy atom. The Morgan fingerprint density at radius 1 is 0.345 bits per heavy atom. The molecule has 0 bridgehead atoms. The Bertz CT molecular complexity index is 6420. The van der Waals surface area contributed by atoms with E-state index in [-0.39, 0.29) is 94.0 Å². The lowest BCUT2D eigenvalue weighted by molar-refractivity contribution is -0.243. The van der Waals surface area contributed by atoms with Gasteiger partial charge in [0.05, 0.1) is 89.5 Å².